The molecule has 0 bridgehead atoms. The first-order valence-corrected chi connectivity index (χ1v) is 10.8. The Balaban J connectivity index is 1.45. The number of nitrogens with one attached hydrogen (secondary N) is 2. The van der Waals surface area contributed by atoms with Crippen LogP contribution < -0.4 is 4.72 Å². The molecule has 5 rings (SSSR count). The molecule has 2 aliphatic carbocycles. The Morgan fingerprint density at radius 3 is 2.88 bits per heavy atom. The first kappa shape index (κ1) is 16.2. The van der Waals surface area contributed by atoms with Gasteiger partial charge in [-0.15, -0.1) is 10.2 Å². The van der Waals surface area contributed by atoms with E-state index in [2.05, 4.69) is 31.8 Å². The summed E-state index contributed by atoms with van der Waals surface area (Å²) in [5.41, 5.74) is 2.47. The van der Waals surface area contributed by atoms with Crippen molar-refractivity contribution in [3.63, 3.8) is 0 Å². The van der Waals surface area contributed by atoms with Gasteiger partial charge in [0.05, 0.1) is 17.0 Å². The van der Waals surface area contributed by atoms with E-state index in [0.29, 0.717) is 5.92 Å². The zero-order valence-electron chi connectivity index (χ0n) is 14.6. The van der Waals surface area contributed by atoms with Crippen LogP contribution in [0.3, 0.4) is 0 Å². The molecule has 1 unspecified atom stereocenters. The maximum atomic E-state index is 12.5. The standard InChI is InChI=1S/C17H22N6O2S/c1-10-7-11(22-26(24,25)12-3-2-4-12)8-13(10)17-21-20-15-9-19-16-14(23(15)17)5-6-18-16/h5-6,9-13,18,22H,2-4,7-8H2,1H3/t10-,11?,13+/m0/s1. The first-order valence-electron chi connectivity index (χ1n) is 9.21. The number of aromatic amines is 1. The third kappa shape index (κ3) is 2.44. The van der Waals surface area contributed by atoms with Gasteiger partial charge in [-0.05, 0) is 37.7 Å². The van der Waals surface area contributed by atoms with Crippen LogP contribution in [0, 0.1) is 5.92 Å². The van der Waals surface area contributed by atoms with Crippen molar-refractivity contribution >= 4 is 26.8 Å². The molecule has 0 aliphatic heterocycles. The number of fused-ring (bicyclic) bond motifs is 3. The van der Waals surface area contributed by atoms with E-state index in [0.717, 1.165) is 54.7 Å². The molecule has 2 aliphatic rings. The summed E-state index contributed by atoms with van der Waals surface area (Å²) in [6.45, 7) is 2.17. The second kappa shape index (κ2) is 5.75. The molecule has 8 nitrogen and oxygen atoms in total. The van der Waals surface area contributed by atoms with E-state index in [1.54, 1.807) is 6.20 Å². The van der Waals surface area contributed by atoms with E-state index in [4.69, 9.17) is 0 Å². The van der Waals surface area contributed by atoms with Gasteiger partial charge in [0, 0.05) is 18.2 Å². The number of hydrogen-bond donors (Lipinski definition) is 2. The summed E-state index contributed by atoms with van der Waals surface area (Å²) in [6.07, 6.45) is 7.74. The van der Waals surface area contributed by atoms with Crippen molar-refractivity contribution < 1.29 is 8.42 Å². The van der Waals surface area contributed by atoms with Crippen molar-refractivity contribution in [2.45, 2.75) is 56.2 Å². The number of nitrogens with zero attached hydrogens (tertiary/aromatic N) is 4. The summed E-state index contributed by atoms with van der Waals surface area (Å²) in [5.74, 6) is 1.39. The molecule has 0 aromatic carbocycles. The molecule has 2 fully saturated rings. The van der Waals surface area contributed by atoms with Crippen LogP contribution in [0.5, 0.6) is 0 Å². The van der Waals surface area contributed by atoms with E-state index in [-0.39, 0.29) is 17.2 Å². The quantitative estimate of drug-likeness (QED) is 0.726. The molecule has 3 atom stereocenters. The maximum Gasteiger partial charge on any atom is 0.214 e. The van der Waals surface area contributed by atoms with Gasteiger partial charge in [-0.25, -0.2) is 18.1 Å². The van der Waals surface area contributed by atoms with Crippen molar-refractivity contribution in [1.82, 2.24) is 29.3 Å². The molecule has 0 radical (unpaired) electrons. The van der Waals surface area contributed by atoms with E-state index in [9.17, 15) is 8.42 Å². The molecule has 2 saturated carbocycles. The van der Waals surface area contributed by atoms with Crippen LogP contribution in [0.15, 0.2) is 18.5 Å². The van der Waals surface area contributed by atoms with E-state index >= 15 is 0 Å². The number of sulfonamides is 1. The van der Waals surface area contributed by atoms with Crippen LogP contribution in [0.25, 0.3) is 16.8 Å². The molecule has 2 N–H and O–H groups in total. The largest absolute Gasteiger partial charge is 0.345 e. The van der Waals surface area contributed by atoms with E-state index in [1.165, 1.54) is 0 Å². The summed E-state index contributed by atoms with van der Waals surface area (Å²) in [5, 5.41) is 8.51. The van der Waals surface area contributed by atoms with Gasteiger partial charge >= 0.3 is 0 Å². The molecule has 0 spiro atoms. The summed E-state index contributed by atoms with van der Waals surface area (Å²) in [4.78, 5) is 7.47. The van der Waals surface area contributed by atoms with Crippen LogP contribution in [0.1, 0.15) is 50.8 Å². The third-order valence-electron chi connectivity index (χ3n) is 6.00. The Morgan fingerprint density at radius 2 is 2.12 bits per heavy atom. The minimum atomic E-state index is -3.20. The first-order chi connectivity index (χ1) is 12.5. The molecule has 9 heteroatoms. The van der Waals surface area contributed by atoms with E-state index < -0.39 is 10.0 Å². The van der Waals surface area contributed by atoms with Gasteiger partial charge in [0.25, 0.3) is 0 Å². The predicted molar refractivity (Wildman–Crippen MR) is 97.3 cm³/mol. The lowest BCUT2D eigenvalue weighted by Crippen LogP contribution is -2.42. The highest BCUT2D eigenvalue weighted by molar-refractivity contribution is 7.90. The molecule has 0 amide bonds. The Kier molecular flexibility index (Phi) is 3.58. The zero-order chi connectivity index (χ0) is 17.9. The van der Waals surface area contributed by atoms with Gasteiger partial charge in [0.2, 0.25) is 10.0 Å². The summed E-state index contributed by atoms with van der Waals surface area (Å²) < 4.78 is 29.9. The van der Waals surface area contributed by atoms with Crippen molar-refractivity contribution in [1.29, 1.82) is 0 Å². The Labute approximate surface area is 151 Å². The van der Waals surface area contributed by atoms with Gasteiger partial charge in [-0.1, -0.05) is 13.3 Å². The normalized spacial score (nSPS) is 27.3. The van der Waals surface area contributed by atoms with Crippen molar-refractivity contribution in [2.24, 2.45) is 5.92 Å². The number of hydrogen-bond acceptors (Lipinski definition) is 5. The van der Waals surface area contributed by atoms with Crippen LogP contribution >= 0.6 is 0 Å². The number of aromatic nitrogens is 5. The van der Waals surface area contributed by atoms with Crippen LogP contribution in [-0.4, -0.2) is 44.3 Å². The third-order valence-corrected chi connectivity index (χ3v) is 8.01. The summed E-state index contributed by atoms with van der Waals surface area (Å²) >= 11 is 0. The monoisotopic (exact) mass is 374 g/mol. The van der Waals surface area contributed by atoms with Crippen molar-refractivity contribution in [3.8, 4) is 0 Å². The molecule has 0 saturated heterocycles. The van der Waals surface area contributed by atoms with Crippen molar-refractivity contribution in [3.05, 3.63) is 24.3 Å². The molecule has 138 valence electrons. The fraction of sp³-hybridized carbons (Fsp3) is 0.588. The van der Waals surface area contributed by atoms with Crippen LogP contribution in [0.2, 0.25) is 0 Å². The molecule has 3 aromatic heterocycles. The second-order valence-electron chi connectivity index (χ2n) is 7.69. The van der Waals surface area contributed by atoms with Crippen LogP contribution in [0.4, 0.5) is 0 Å². The van der Waals surface area contributed by atoms with Crippen LogP contribution in [-0.2, 0) is 10.0 Å². The highest BCUT2D eigenvalue weighted by atomic mass is 32.2. The highest BCUT2D eigenvalue weighted by Gasteiger charge is 2.39. The molecule has 3 aromatic rings. The summed E-state index contributed by atoms with van der Waals surface area (Å²) in [6, 6.07) is 1.94. The Hall–Kier alpha value is -2.00. The van der Waals surface area contributed by atoms with Crippen molar-refractivity contribution in [2.75, 3.05) is 0 Å². The fourth-order valence-electron chi connectivity index (χ4n) is 4.35. The number of rotatable bonds is 4. The van der Waals surface area contributed by atoms with Gasteiger partial charge in [-0.3, -0.25) is 4.40 Å². The predicted octanol–water partition coefficient (Wildman–Crippen LogP) is 1.96. The average molecular weight is 374 g/mol. The second-order valence-corrected chi connectivity index (χ2v) is 9.68. The zero-order valence-corrected chi connectivity index (χ0v) is 15.4. The summed E-state index contributed by atoms with van der Waals surface area (Å²) in [7, 11) is -3.20. The molecule has 26 heavy (non-hydrogen) atoms. The van der Waals surface area contributed by atoms with Gasteiger partial charge in [-0.2, -0.15) is 0 Å². The lowest BCUT2D eigenvalue weighted by atomic mass is 9.97. The van der Waals surface area contributed by atoms with E-state index in [1.807, 2.05) is 16.7 Å². The fourth-order valence-corrected chi connectivity index (χ4v) is 6.16. The molecular formula is C17H22N6O2S. The lowest BCUT2D eigenvalue weighted by Gasteiger charge is -2.27. The molecule has 3 heterocycles. The topological polar surface area (TPSA) is 105 Å². The smallest absolute Gasteiger partial charge is 0.214 e. The SMILES string of the molecule is C[C@H]1CC(NS(=O)(=O)C2CCC2)C[C@H]1c1nnc2cnc3[nH]ccc3n12. The average Bonchev–Trinajstić information content (AvgIpc) is 3.21. The van der Waals surface area contributed by atoms with Gasteiger partial charge in [0.15, 0.2) is 11.3 Å². The number of H-pyrrole nitrogens is 1. The Bertz CT molecular complexity index is 1070. The maximum absolute atomic E-state index is 12.5. The van der Waals surface area contributed by atoms with Gasteiger partial charge in [0.1, 0.15) is 5.82 Å². The Morgan fingerprint density at radius 1 is 1.27 bits per heavy atom. The highest BCUT2D eigenvalue weighted by Crippen LogP contribution is 2.40. The molecular weight excluding hydrogens is 352 g/mol. The minimum absolute atomic E-state index is 0.0310. The minimum Gasteiger partial charge on any atom is -0.345 e. The lowest BCUT2D eigenvalue weighted by molar-refractivity contribution is 0.458. The van der Waals surface area contributed by atoms with Gasteiger partial charge < -0.3 is 4.98 Å².